The monoisotopic (exact) mass is 575 g/mol. The second-order valence-corrected chi connectivity index (χ2v) is 11.7. The Labute approximate surface area is 247 Å². The average molecular weight is 576 g/mol. The van der Waals surface area contributed by atoms with Crippen LogP contribution in [0.15, 0.2) is 56.9 Å². The highest BCUT2D eigenvalue weighted by Crippen LogP contribution is 2.36. The Hall–Kier alpha value is -3.14. The largest absolute Gasteiger partial charge is 0.377 e. The molecule has 1 saturated heterocycles. The van der Waals surface area contributed by atoms with Gasteiger partial charge in [0.25, 0.3) is 5.91 Å². The van der Waals surface area contributed by atoms with Crippen LogP contribution in [0.1, 0.15) is 68.4 Å². The van der Waals surface area contributed by atoms with Gasteiger partial charge < -0.3 is 19.3 Å². The third-order valence-electron chi connectivity index (χ3n) is 7.98. The topological polar surface area (TPSA) is 92.0 Å². The molecule has 1 amide bonds. The molecule has 1 fully saturated rings. The summed E-state index contributed by atoms with van der Waals surface area (Å²) in [6.07, 6.45) is 4.71. The highest BCUT2D eigenvalue weighted by Gasteiger charge is 2.48. The van der Waals surface area contributed by atoms with Gasteiger partial charge in [-0.15, -0.1) is 0 Å². The molecule has 1 spiro atoms. The number of aryl methyl sites for hydroxylation is 1. The number of aliphatic imine (C=N–C) groups is 1. The zero-order chi connectivity index (χ0) is 28.8. The summed E-state index contributed by atoms with van der Waals surface area (Å²) in [5, 5.41) is 7.55. The summed E-state index contributed by atoms with van der Waals surface area (Å²) in [5.74, 6) is 2.61. The lowest BCUT2D eigenvalue weighted by Gasteiger charge is -2.30. The van der Waals surface area contributed by atoms with Gasteiger partial charge in [-0.25, -0.2) is 0 Å². The van der Waals surface area contributed by atoms with E-state index >= 15 is 0 Å². The molecule has 1 unspecified atom stereocenters. The van der Waals surface area contributed by atoms with Gasteiger partial charge in [-0.05, 0) is 86.8 Å². The van der Waals surface area contributed by atoms with E-state index < -0.39 is 5.54 Å². The average Bonchev–Trinajstić information content (AvgIpc) is 3.44. The van der Waals surface area contributed by atoms with Crippen LogP contribution in [-0.4, -0.2) is 47.0 Å². The second-order valence-electron chi connectivity index (χ2n) is 10.9. The minimum atomic E-state index is -0.640. The minimum absolute atomic E-state index is 0.137. The fraction of sp³-hybridized carbons (Fsp3) is 0.469. The summed E-state index contributed by atoms with van der Waals surface area (Å²) in [7, 11) is 0. The fourth-order valence-corrected chi connectivity index (χ4v) is 6.33. The first-order valence-corrected chi connectivity index (χ1v) is 15.5. The Balaban J connectivity index is 1.42. The molecule has 0 aliphatic carbocycles. The van der Waals surface area contributed by atoms with Crippen molar-refractivity contribution in [2.45, 2.75) is 83.4 Å². The van der Waals surface area contributed by atoms with Crippen LogP contribution in [-0.2, 0) is 22.7 Å². The lowest BCUT2D eigenvalue weighted by Crippen LogP contribution is -2.51. The zero-order valence-electron chi connectivity index (χ0n) is 24.6. The molecule has 3 aromatic rings. The lowest BCUT2D eigenvalue weighted by molar-refractivity contribution is -0.132. The van der Waals surface area contributed by atoms with Crippen LogP contribution < -0.4 is 10.0 Å². The van der Waals surface area contributed by atoms with E-state index in [0.29, 0.717) is 26.3 Å². The van der Waals surface area contributed by atoms with Gasteiger partial charge >= 0.3 is 0 Å². The summed E-state index contributed by atoms with van der Waals surface area (Å²) in [6.45, 7) is 11.3. The van der Waals surface area contributed by atoms with Gasteiger partial charge in [0, 0.05) is 30.0 Å². The number of anilines is 1. The number of carbonyl (C=O) groups excluding carboxylic acids is 1. The van der Waals surface area contributed by atoms with Gasteiger partial charge in [0.1, 0.15) is 11.6 Å². The predicted molar refractivity (Wildman–Crippen MR) is 165 cm³/mol. The van der Waals surface area contributed by atoms with E-state index in [-0.39, 0.29) is 5.91 Å². The molecular weight excluding hydrogens is 534 g/mol. The molecule has 218 valence electrons. The summed E-state index contributed by atoms with van der Waals surface area (Å²) in [6, 6.07) is 14.8. The van der Waals surface area contributed by atoms with Crippen molar-refractivity contribution in [2.75, 3.05) is 24.4 Å². The van der Waals surface area contributed by atoms with Crippen LogP contribution in [0.3, 0.4) is 0 Å². The van der Waals surface area contributed by atoms with Gasteiger partial charge in [0.15, 0.2) is 11.4 Å². The highest BCUT2D eigenvalue weighted by molar-refractivity contribution is 8.00. The molecule has 1 aromatic heterocycles. The SMILES string of the molecule is CCCCC1=NC2(CCCNC2)C(=O)N1Cc1ccc(-c2ccccc2SNc2noc(C)c2C)c(COCC)c1. The smallest absolute Gasteiger partial charge is 0.257 e. The number of amidine groups is 1. The number of nitrogens with zero attached hydrogens (tertiary/aromatic N) is 3. The normalized spacial score (nSPS) is 18.8. The Morgan fingerprint density at radius 2 is 2.02 bits per heavy atom. The summed E-state index contributed by atoms with van der Waals surface area (Å²) >= 11 is 1.52. The van der Waals surface area contributed by atoms with Crippen molar-refractivity contribution in [3.05, 3.63) is 64.9 Å². The Morgan fingerprint density at radius 3 is 2.76 bits per heavy atom. The third kappa shape index (κ3) is 6.37. The second kappa shape index (κ2) is 13.2. The van der Waals surface area contributed by atoms with Crippen LogP contribution >= 0.6 is 11.9 Å². The number of hydrogen-bond donors (Lipinski definition) is 2. The molecular formula is C32H41N5O3S. The van der Waals surface area contributed by atoms with Crippen LogP contribution in [0.5, 0.6) is 0 Å². The summed E-state index contributed by atoms with van der Waals surface area (Å²) < 4.78 is 14.6. The van der Waals surface area contributed by atoms with Crippen molar-refractivity contribution in [1.82, 2.24) is 15.4 Å². The van der Waals surface area contributed by atoms with E-state index in [9.17, 15) is 4.79 Å². The van der Waals surface area contributed by atoms with Crippen molar-refractivity contribution in [3.63, 3.8) is 0 Å². The van der Waals surface area contributed by atoms with Gasteiger partial charge in [-0.1, -0.05) is 54.9 Å². The summed E-state index contributed by atoms with van der Waals surface area (Å²) in [4.78, 5) is 21.9. The zero-order valence-corrected chi connectivity index (χ0v) is 25.4. The third-order valence-corrected chi connectivity index (χ3v) is 8.85. The molecule has 0 radical (unpaired) electrons. The van der Waals surface area contributed by atoms with E-state index in [1.807, 2.05) is 31.7 Å². The van der Waals surface area contributed by atoms with Crippen molar-refractivity contribution in [1.29, 1.82) is 0 Å². The van der Waals surface area contributed by atoms with Crippen LogP contribution in [0.4, 0.5) is 5.82 Å². The molecule has 0 saturated carbocycles. The van der Waals surface area contributed by atoms with Crippen LogP contribution in [0.2, 0.25) is 0 Å². The number of piperidine rings is 1. The number of hydrogen-bond acceptors (Lipinski definition) is 8. The Morgan fingerprint density at radius 1 is 1.17 bits per heavy atom. The first-order valence-electron chi connectivity index (χ1n) is 14.7. The molecule has 5 rings (SSSR count). The summed E-state index contributed by atoms with van der Waals surface area (Å²) in [5.41, 5.74) is 4.76. The van der Waals surface area contributed by atoms with Gasteiger partial charge in [-0.2, -0.15) is 0 Å². The molecule has 1 atom stereocenters. The number of nitrogens with one attached hydrogen (secondary N) is 2. The van der Waals surface area contributed by atoms with E-state index in [4.69, 9.17) is 14.3 Å². The van der Waals surface area contributed by atoms with Crippen molar-refractivity contribution >= 4 is 29.5 Å². The van der Waals surface area contributed by atoms with Crippen LogP contribution in [0.25, 0.3) is 11.1 Å². The molecule has 3 heterocycles. The Kier molecular flexibility index (Phi) is 9.47. The van der Waals surface area contributed by atoms with Gasteiger partial charge in [-0.3, -0.25) is 14.7 Å². The number of benzene rings is 2. The molecule has 2 aliphatic heterocycles. The van der Waals surface area contributed by atoms with E-state index in [0.717, 1.165) is 88.8 Å². The molecule has 9 heteroatoms. The molecule has 0 bridgehead atoms. The number of ether oxygens (including phenoxy) is 1. The maximum atomic E-state index is 13.8. The molecule has 2 N–H and O–H groups in total. The van der Waals surface area contributed by atoms with Crippen molar-refractivity contribution in [3.8, 4) is 11.1 Å². The van der Waals surface area contributed by atoms with Gasteiger partial charge in [0.05, 0.1) is 13.2 Å². The number of unbranched alkanes of at least 4 members (excludes halogenated alkanes) is 1. The molecule has 2 aliphatic rings. The number of amides is 1. The lowest BCUT2D eigenvalue weighted by atomic mass is 9.90. The van der Waals surface area contributed by atoms with E-state index in [2.05, 4.69) is 58.5 Å². The standard InChI is InChI=1S/C32H41N5O3S/c1-5-7-13-29-34-32(16-10-17-33-21-32)31(38)37(29)19-24-14-15-26(25(18-24)20-39-6-2)27-11-8-9-12-28(27)41-36-30-22(3)23(4)40-35-30/h8-9,11-12,14-15,18,33H,5-7,10,13,16-17,19-21H2,1-4H3,(H,35,36). The number of aromatic nitrogens is 1. The predicted octanol–water partition coefficient (Wildman–Crippen LogP) is 6.67. The number of rotatable bonds is 12. The maximum Gasteiger partial charge on any atom is 0.257 e. The Bertz CT molecular complexity index is 1400. The molecule has 41 heavy (non-hydrogen) atoms. The molecule has 8 nitrogen and oxygen atoms in total. The highest BCUT2D eigenvalue weighted by atomic mass is 32.2. The minimum Gasteiger partial charge on any atom is -0.377 e. The molecule has 2 aromatic carbocycles. The number of carbonyl (C=O) groups is 1. The van der Waals surface area contributed by atoms with E-state index in [1.54, 1.807) is 0 Å². The first kappa shape index (κ1) is 29.4. The van der Waals surface area contributed by atoms with Crippen molar-refractivity contribution in [2.24, 2.45) is 4.99 Å². The van der Waals surface area contributed by atoms with E-state index in [1.165, 1.54) is 11.9 Å². The van der Waals surface area contributed by atoms with Gasteiger partial charge in [0.2, 0.25) is 0 Å². The quantitative estimate of drug-likeness (QED) is 0.233. The first-order chi connectivity index (χ1) is 20.0. The van der Waals surface area contributed by atoms with Crippen LogP contribution in [0, 0.1) is 13.8 Å². The fourth-order valence-electron chi connectivity index (χ4n) is 5.50. The maximum absolute atomic E-state index is 13.8. The van der Waals surface area contributed by atoms with Crippen molar-refractivity contribution < 1.29 is 14.1 Å².